The van der Waals surface area contributed by atoms with Crippen LogP contribution in [-0.2, 0) is 6.42 Å². The van der Waals surface area contributed by atoms with Gasteiger partial charge in [-0.05, 0) is 31.7 Å². The second-order valence-corrected chi connectivity index (χ2v) is 4.95. The monoisotopic (exact) mass is 229 g/mol. The molecule has 17 heavy (non-hydrogen) atoms. The Balaban J connectivity index is 1.94. The van der Waals surface area contributed by atoms with Crippen LogP contribution in [0.2, 0.25) is 0 Å². The summed E-state index contributed by atoms with van der Waals surface area (Å²) in [7, 11) is 0. The molecule has 1 saturated carbocycles. The molecule has 0 saturated heterocycles. The quantitative estimate of drug-likeness (QED) is 0.799. The first-order valence-electron chi connectivity index (χ1n) is 6.52. The van der Waals surface area contributed by atoms with Gasteiger partial charge in [-0.1, -0.05) is 32.1 Å². The van der Waals surface area contributed by atoms with Gasteiger partial charge in [0, 0.05) is 5.69 Å². The second-order valence-electron chi connectivity index (χ2n) is 4.95. The number of aryl methyl sites for hydroxylation is 2. The molecule has 3 nitrogen and oxygen atoms in total. The van der Waals surface area contributed by atoms with E-state index in [0.29, 0.717) is 11.5 Å². The minimum atomic E-state index is 0.496. The van der Waals surface area contributed by atoms with E-state index in [2.05, 4.69) is 16.0 Å². The van der Waals surface area contributed by atoms with Gasteiger partial charge in [-0.15, -0.1) is 0 Å². The van der Waals surface area contributed by atoms with Crippen LogP contribution in [0.25, 0.3) is 0 Å². The van der Waals surface area contributed by atoms with E-state index < -0.39 is 0 Å². The molecule has 0 aromatic carbocycles. The third kappa shape index (κ3) is 3.52. The minimum absolute atomic E-state index is 0.496. The van der Waals surface area contributed by atoms with Gasteiger partial charge in [-0.3, -0.25) is 0 Å². The van der Waals surface area contributed by atoms with Crippen molar-refractivity contribution < 1.29 is 0 Å². The number of hydrogen-bond donors (Lipinski definition) is 0. The maximum Gasteiger partial charge on any atom is 0.144 e. The molecule has 2 rings (SSSR count). The number of aromatic nitrogens is 2. The van der Waals surface area contributed by atoms with E-state index in [1.165, 1.54) is 38.5 Å². The predicted molar refractivity (Wildman–Crippen MR) is 66.4 cm³/mol. The van der Waals surface area contributed by atoms with Gasteiger partial charge in [0.2, 0.25) is 0 Å². The summed E-state index contributed by atoms with van der Waals surface area (Å²) < 4.78 is 0. The first kappa shape index (κ1) is 12.0. The van der Waals surface area contributed by atoms with Gasteiger partial charge in [-0.25, -0.2) is 9.97 Å². The maximum absolute atomic E-state index is 8.86. The van der Waals surface area contributed by atoms with E-state index in [1.807, 2.05) is 13.0 Å². The van der Waals surface area contributed by atoms with Crippen molar-refractivity contribution in [3.8, 4) is 6.07 Å². The van der Waals surface area contributed by atoms with Gasteiger partial charge in [-0.2, -0.15) is 5.26 Å². The molecule has 0 N–H and O–H groups in total. The Labute approximate surface area is 103 Å². The van der Waals surface area contributed by atoms with Crippen molar-refractivity contribution in [3.63, 3.8) is 0 Å². The highest BCUT2D eigenvalue weighted by molar-refractivity contribution is 5.22. The van der Waals surface area contributed by atoms with Crippen molar-refractivity contribution in [2.24, 2.45) is 5.92 Å². The highest BCUT2D eigenvalue weighted by atomic mass is 14.9. The van der Waals surface area contributed by atoms with Crippen LogP contribution < -0.4 is 0 Å². The molecule has 1 aromatic rings. The predicted octanol–water partition coefficient (Wildman–Crippen LogP) is 3.17. The fourth-order valence-corrected chi connectivity index (χ4v) is 2.64. The van der Waals surface area contributed by atoms with Crippen LogP contribution in [0.4, 0.5) is 0 Å². The summed E-state index contributed by atoms with van der Waals surface area (Å²) >= 11 is 0. The molecule has 1 fully saturated rings. The van der Waals surface area contributed by atoms with Crippen molar-refractivity contribution in [2.75, 3.05) is 0 Å². The van der Waals surface area contributed by atoms with Crippen molar-refractivity contribution in [2.45, 2.75) is 51.9 Å². The Bertz CT molecular complexity index is 414. The van der Waals surface area contributed by atoms with Crippen LogP contribution in [0.1, 0.15) is 55.7 Å². The SMILES string of the molecule is Cc1nc(C#N)cc(CCC2CCCCC2)n1. The molecule has 0 bridgehead atoms. The molecular weight excluding hydrogens is 210 g/mol. The molecule has 1 aliphatic rings. The molecule has 0 amide bonds. The van der Waals surface area contributed by atoms with Crippen molar-refractivity contribution in [1.82, 2.24) is 9.97 Å². The average molecular weight is 229 g/mol. The van der Waals surface area contributed by atoms with Gasteiger partial charge in [0.1, 0.15) is 17.6 Å². The lowest BCUT2D eigenvalue weighted by molar-refractivity contribution is 0.338. The number of rotatable bonds is 3. The average Bonchev–Trinajstić information content (AvgIpc) is 2.37. The Morgan fingerprint density at radius 3 is 2.76 bits per heavy atom. The summed E-state index contributed by atoms with van der Waals surface area (Å²) in [6, 6.07) is 3.92. The number of nitriles is 1. The zero-order chi connectivity index (χ0) is 12.1. The largest absolute Gasteiger partial charge is 0.238 e. The zero-order valence-corrected chi connectivity index (χ0v) is 10.4. The second kappa shape index (κ2) is 5.77. The molecule has 0 unspecified atom stereocenters. The molecule has 0 spiro atoms. The Morgan fingerprint density at radius 1 is 1.29 bits per heavy atom. The maximum atomic E-state index is 8.86. The lowest BCUT2D eigenvalue weighted by atomic mass is 9.86. The van der Waals surface area contributed by atoms with Gasteiger partial charge >= 0.3 is 0 Å². The van der Waals surface area contributed by atoms with Crippen molar-refractivity contribution in [3.05, 3.63) is 23.3 Å². The fraction of sp³-hybridized carbons (Fsp3) is 0.643. The van der Waals surface area contributed by atoms with Gasteiger partial charge < -0.3 is 0 Å². The van der Waals surface area contributed by atoms with Gasteiger partial charge in [0.05, 0.1) is 0 Å². The van der Waals surface area contributed by atoms with Crippen LogP contribution >= 0.6 is 0 Å². The van der Waals surface area contributed by atoms with Crippen LogP contribution in [0.3, 0.4) is 0 Å². The number of hydrogen-bond acceptors (Lipinski definition) is 3. The summed E-state index contributed by atoms with van der Waals surface area (Å²) in [5.41, 5.74) is 1.52. The van der Waals surface area contributed by atoms with Crippen molar-refractivity contribution >= 4 is 0 Å². The third-order valence-corrected chi connectivity index (χ3v) is 3.54. The first-order valence-corrected chi connectivity index (χ1v) is 6.52. The lowest BCUT2D eigenvalue weighted by Crippen LogP contribution is -2.08. The topological polar surface area (TPSA) is 49.6 Å². The molecule has 0 aliphatic heterocycles. The number of nitrogens with zero attached hydrogens (tertiary/aromatic N) is 3. The van der Waals surface area contributed by atoms with E-state index in [1.54, 1.807) is 0 Å². The molecule has 1 heterocycles. The summed E-state index contributed by atoms with van der Waals surface area (Å²) in [5, 5.41) is 8.86. The van der Waals surface area contributed by atoms with E-state index in [0.717, 1.165) is 18.0 Å². The highest BCUT2D eigenvalue weighted by Gasteiger charge is 2.13. The lowest BCUT2D eigenvalue weighted by Gasteiger charge is -2.21. The molecule has 3 heteroatoms. The van der Waals surface area contributed by atoms with E-state index in [-0.39, 0.29) is 0 Å². The smallest absolute Gasteiger partial charge is 0.144 e. The van der Waals surface area contributed by atoms with E-state index in [9.17, 15) is 0 Å². The Kier molecular flexibility index (Phi) is 4.08. The van der Waals surface area contributed by atoms with Gasteiger partial charge in [0.25, 0.3) is 0 Å². The minimum Gasteiger partial charge on any atom is -0.238 e. The van der Waals surface area contributed by atoms with Crippen LogP contribution in [0.5, 0.6) is 0 Å². The van der Waals surface area contributed by atoms with E-state index >= 15 is 0 Å². The summed E-state index contributed by atoms with van der Waals surface area (Å²) in [6.45, 7) is 1.85. The Hall–Kier alpha value is -1.43. The van der Waals surface area contributed by atoms with Gasteiger partial charge in [0.15, 0.2) is 0 Å². The van der Waals surface area contributed by atoms with Crippen molar-refractivity contribution in [1.29, 1.82) is 5.26 Å². The van der Waals surface area contributed by atoms with E-state index in [4.69, 9.17) is 5.26 Å². The molecule has 1 aromatic heterocycles. The summed E-state index contributed by atoms with van der Waals surface area (Å²) in [5.74, 6) is 1.58. The normalized spacial score (nSPS) is 16.7. The molecular formula is C14H19N3. The third-order valence-electron chi connectivity index (χ3n) is 3.54. The molecule has 1 aliphatic carbocycles. The molecule has 0 radical (unpaired) electrons. The van der Waals surface area contributed by atoms with Crippen LogP contribution in [0, 0.1) is 24.2 Å². The molecule has 0 atom stereocenters. The highest BCUT2D eigenvalue weighted by Crippen LogP contribution is 2.27. The molecule has 90 valence electrons. The standard InChI is InChI=1S/C14H19N3/c1-11-16-13(9-14(10-15)17-11)8-7-12-5-3-2-4-6-12/h9,12H,2-8H2,1H3. The fourth-order valence-electron chi connectivity index (χ4n) is 2.64. The summed E-state index contributed by atoms with van der Waals surface area (Å²) in [6.07, 6.45) is 9.11. The Morgan fingerprint density at radius 2 is 2.06 bits per heavy atom. The zero-order valence-electron chi connectivity index (χ0n) is 10.4. The first-order chi connectivity index (χ1) is 8.28. The summed E-state index contributed by atoms with van der Waals surface area (Å²) in [4.78, 5) is 8.48. The van der Waals surface area contributed by atoms with Crippen LogP contribution in [0.15, 0.2) is 6.07 Å². The van der Waals surface area contributed by atoms with Crippen LogP contribution in [-0.4, -0.2) is 9.97 Å².